The van der Waals surface area contributed by atoms with Gasteiger partial charge in [-0.3, -0.25) is 0 Å². The van der Waals surface area contributed by atoms with Crippen molar-refractivity contribution in [3.63, 3.8) is 0 Å². The molecule has 1 aliphatic heterocycles. The average molecular weight is 252 g/mol. The first-order valence-electron chi connectivity index (χ1n) is 8.10. The molecule has 2 aliphatic rings. The van der Waals surface area contributed by atoms with Crippen molar-refractivity contribution in [1.82, 2.24) is 10.2 Å². The third-order valence-electron chi connectivity index (χ3n) is 5.30. The molecule has 0 spiro atoms. The van der Waals surface area contributed by atoms with E-state index in [2.05, 4.69) is 31.1 Å². The number of hydrogen-bond donors (Lipinski definition) is 1. The van der Waals surface area contributed by atoms with Crippen LogP contribution in [0.3, 0.4) is 0 Å². The van der Waals surface area contributed by atoms with E-state index in [1.807, 2.05) is 0 Å². The SMILES string of the molecule is CNC(CN1CCC(C(C)C)C1)C1CCCCC1. The largest absolute Gasteiger partial charge is 0.315 e. The number of rotatable bonds is 5. The molecule has 2 rings (SSSR count). The highest BCUT2D eigenvalue weighted by molar-refractivity contribution is 4.85. The van der Waals surface area contributed by atoms with Crippen molar-refractivity contribution in [2.24, 2.45) is 17.8 Å². The predicted octanol–water partition coefficient (Wildman–Crippen LogP) is 3.13. The predicted molar refractivity (Wildman–Crippen MR) is 78.8 cm³/mol. The Morgan fingerprint density at radius 2 is 1.78 bits per heavy atom. The molecule has 0 radical (unpaired) electrons. The lowest BCUT2D eigenvalue weighted by Gasteiger charge is -2.33. The molecule has 0 bridgehead atoms. The van der Waals surface area contributed by atoms with E-state index < -0.39 is 0 Å². The Balaban J connectivity index is 1.79. The zero-order chi connectivity index (χ0) is 13.0. The molecule has 2 atom stereocenters. The Hall–Kier alpha value is -0.0800. The molecule has 0 amide bonds. The first-order valence-corrected chi connectivity index (χ1v) is 8.10. The molecule has 2 heteroatoms. The maximum Gasteiger partial charge on any atom is 0.0220 e. The summed E-state index contributed by atoms with van der Waals surface area (Å²) in [5, 5.41) is 3.60. The molecule has 1 N–H and O–H groups in total. The van der Waals surface area contributed by atoms with E-state index in [-0.39, 0.29) is 0 Å². The topological polar surface area (TPSA) is 15.3 Å². The number of likely N-dealkylation sites (N-methyl/N-ethyl adjacent to an activating group) is 1. The van der Waals surface area contributed by atoms with Crippen molar-refractivity contribution in [2.45, 2.75) is 58.4 Å². The van der Waals surface area contributed by atoms with Crippen LogP contribution in [-0.4, -0.2) is 37.6 Å². The van der Waals surface area contributed by atoms with Gasteiger partial charge in [0.25, 0.3) is 0 Å². The summed E-state index contributed by atoms with van der Waals surface area (Å²) in [6.07, 6.45) is 8.69. The van der Waals surface area contributed by atoms with Crippen LogP contribution < -0.4 is 5.32 Å². The molecule has 1 saturated heterocycles. The van der Waals surface area contributed by atoms with E-state index in [4.69, 9.17) is 0 Å². The van der Waals surface area contributed by atoms with E-state index in [0.717, 1.165) is 23.8 Å². The summed E-state index contributed by atoms with van der Waals surface area (Å²) in [6, 6.07) is 0.733. The second-order valence-electron chi connectivity index (χ2n) is 6.85. The molecule has 0 aromatic carbocycles. The van der Waals surface area contributed by atoms with Crippen LogP contribution in [0.25, 0.3) is 0 Å². The van der Waals surface area contributed by atoms with Gasteiger partial charge < -0.3 is 10.2 Å². The van der Waals surface area contributed by atoms with Crippen molar-refractivity contribution >= 4 is 0 Å². The molecule has 2 unspecified atom stereocenters. The van der Waals surface area contributed by atoms with Gasteiger partial charge in [0.15, 0.2) is 0 Å². The third kappa shape index (κ3) is 3.71. The van der Waals surface area contributed by atoms with Gasteiger partial charge >= 0.3 is 0 Å². The molecule has 1 heterocycles. The van der Waals surface area contributed by atoms with Crippen LogP contribution in [-0.2, 0) is 0 Å². The fourth-order valence-corrected chi connectivity index (χ4v) is 3.86. The minimum atomic E-state index is 0.733. The van der Waals surface area contributed by atoms with E-state index >= 15 is 0 Å². The molecule has 2 nitrogen and oxygen atoms in total. The van der Waals surface area contributed by atoms with Crippen LogP contribution in [0.2, 0.25) is 0 Å². The summed E-state index contributed by atoms with van der Waals surface area (Å²) < 4.78 is 0. The van der Waals surface area contributed by atoms with Crippen molar-refractivity contribution in [1.29, 1.82) is 0 Å². The highest BCUT2D eigenvalue weighted by Gasteiger charge is 2.29. The third-order valence-corrected chi connectivity index (χ3v) is 5.30. The van der Waals surface area contributed by atoms with Crippen molar-refractivity contribution in [3.05, 3.63) is 0 Å². The van der Waals surface area contributed by atoms with Crippen LogP contribution in [0.5, 0.6) is 0 Å². The second kappa shape index (κ2) is 6.91. The molecule has 0 aromatic heterocycles. The molecule has 1 aliphatic carbocycles. The minimum Gasteiger partial charge on any atom is -0.315 e. The Morgan fingerprint density at radius 1 is 1.06 bits per heavy atom. The summed E-state index contributed by atoms with van der Waals surface area (Å²) in [4.78, 5) is 2.71. The lowest BCUT2D eigenvalue weighted by atomic mass is 9.83. The van der Waals surface area contributed by atoms with E-state index in [1.54, 1.807) is 0 Å². The van der Waals surface area contributed by atoms with Gasteiger partial charge in [0.1, 0.15) is 0 Å². The van der Waals surface area contributed by atoms with E-state index in [1.165, 1.54) is 58.2 Å². The highest BCUT2D eigenvalue weighted by atomic mass is 15.2. The quantitative estimate of drug-likeness (QED) is 0.809. The normalized spacial score (nSPS) is 29.0. The van der Waals surface area contributed by atoms with Crippen LogP contribution in [0.4, 0.5) is 0 Å². The van der Waals surface area contributed by atoms with Crippen LogP contribution in [0.15, 0.2) is 0 Å². The zero-order valence-electron chi connectivity index (χ0n) is 12.6. The summed E-state index contributed by atoms with van der Waals surface area (Å²) in [5.74, 6) is 2.73. The summed E-state index contributed by atoms with van der Waals surface area (Å²) >= 11 is 0. The molecule has 18 heavy (non-hydrogen) atoms. The molecule has 0 aromatic rings. The van der Waals surface area contributed by atoms with Crippen LogP contribution in [0.1, 0.15) is 52.4 Å². The first kappa shape index (κ1) is 14.3. The minimum absolute atomic E-state index is 0.733. The van der Waals surface area contributed by atoms with Crippen LogP contribution in [0, 0.1) is 17.8 Å². The fraction of sp³-hybridized carbons (Fsp3) is 1.00. The van der Waals surface area contributed by atoms with Gasteiger partial charge in [-0.2, -0.15) is 0 Å². The molecular formula is C16H32N2. The summed E-state index contributed by atoms with van der Waals surface area (Å²) in [6.45, 7) is 8.70. The monoisotopic (exact) mass is 252 g/mol. The lowest BCUT2D eigenvalue weighted by molar-refractivity contribution is 0.204. The number of likely N-dealkylation sites (tertiary alicyclic amines) is 1. The van der Waals surface area contributed by atoms with Crippen molar-refractivity contribution in [3.8, 4) is 0 Å². The molecule has 106 valence electrons. The number of nitrogens with one attached hydrogen (secondary N) is 1. The first-order chi connectivity index (χ1) is 8.70. The summed E-state index contributed by atoms with van der Waals surface area (Å²) in [5.41, 5.74) is 0. The van der Waals surface area contributed by atoms with Gasteiger partial charge in [-0.05, 0) is 50.6 Å². The van der Waals surface area contributed by atoms with Gasteiger partial charge in [0.05, 0.1) is 0 Å². The number of hydrogen-bond acceptors (Lipinski definition) is 2. The van der Waals surface area contributed by atoms with Crippen molar-refractivity contribution in [2.75, 3.05) is 26.7 Å². The van der Waals surface area contributed by atoms with Crippen molar-refractivity contribution < 1.29 is 0 Å². The Kier molecular flexibility index (Phi) is 5.50. The van der Waals surface area contributed by atoms with Gasteiger partial charge in [-0.25, -0.2) is 0 Å². The van der Waals surface area contributed by atoms with Gasteiger partial charge in [0.2, 0.25) is 0 Å². The lowest BCUT2D eigenvalue weighted by Crippen LogP contribution is -2.44. The van der Waals surface area contributed by atoms with E-state index in [0.29, 0.717) is 0 Å². The van der Waals surface area contributed by atoms with Gasteiger partial charge in [-0.15, -0.1) is 0 Å². The Morgan fingerprint density at radius 3 is 2.33 bits per heavy atom. The van der Waals surface area contributed by atoms with Gasteiger partial charge in [-0.1, -0.05) is 33.1 Å². The number of nitrogens with zero attached hydrogens (tertiary/aromatic N) is 1. The average Bonchev–Trinajstić information content (AvgIpc) is 2.86. The maximum absolute atomic E-state index is 3.60. The van der Waals surface area contributed by atoms with Crippen LogP contribution >= 0.6 is 0 Å². The zero-order valence-corrected chi connectivity index (χ0v) is 12.6. The highest BCUT2D eigenvalue weighted by Crippen LogP contribution is 2.29. The van der Waals surface area contributed by atoms with E-state index in [9.17, 15) is 0 Å². The Labute approximate surface area is 114 Å². The second-order valence-corrected chi connectivity index (χ2v) is 6.85. The fourth-order valence-electron chi connectivity index (χ4n) is 3.86. The molecule has 2 fully saturated rings. The Bertz CT molecular complexity index is 233. The van der Waals surface area contributed by atoms with Gasteiger partial charge in [0, 0.05) is 19.1 Å². The smallest absolute Gasteiger partial charge is 0.0220 e. The maximum atomic E-state index is 3.60. The molecular weight excluding hydrogens is 220 g/mol. The molecule has 1 saturated carbocycles. The standard InChI is InChI=1S/C16H32N2/c1-13(2)15-9-10-18(11-15)12-16(17-3)14-7-5-4-6-8-14/h13-17H,4-12H2,1-3H3. The summed E-state index contributed by atoms with van der Waals surface area (Å²) in [7, 11) is 2.16.